The number of Topliss-reactive ketones (excluding diaryl/α,β-unsaturated/α-hetero) is 2. The van der Waals surface area contributed by atoms with Gasteiger partial charge < -0.3 is 5.32 Å². The largest absolute Gasteiger partial charge is 0.351 e. The Hall–Kier alpha value is -2.41. The summed E-state index contributed by atoms with van der Waals surface area (Å²) in [6, 6.07) is 5.45. The van der Waals surface area contributed by atoms with Gasteiger partial charge in [-0.05, 0) is 40.2 Å². The lowest BCUT2D eigenvalue weighted by Gasteiger charge is -2.17. The monoisotopic (exact) mass is 347 g/mol. The maximum Gasteiger partial charge on any atom is 0.221 e. The molecule has 1 N–H and O–H groups in total. The zero-order valence-corrected chi connectivity index (χ0v) is 12.0. The van der Waals surface area contributed by atoms with Crippen molar-refractivity contribution in [2.24, 2.45) is 0 Å². The Morgan fingerprint density at radius 3 is 2.52 bits per heavy atom. The van der Waals surface area contributed by atoms with Crippen LogP contribution in [0.2, 0.25) is 0 Å². The molecule has 0 amide bonds. The number of halogens is 2. The molecule has 1 heterocycles. The molecule has 104 valence electrons. The van der Waals surface area contributed by atoms with E-state index >= 15 is 0 Å². The van der Waals surface area contributed by atoms with Crippen LogP contribution in [-0.2, 0) is 0 Å². The van der Waals surface area contributed by atoms with Gasteiger partial charge in [0.15, 0.2) is 0 Å². The number of hydrogen-bond donors (Lipinski definition) is 1. The first-order chi connectivity index (χ1) is 10.1. The predicted octanol–water partition coefficient (Wildman–Crippen LogP) is 2.71. The van der Waals surface area contributed by atoms with Crippen molar-refractivity contribution in [2.75, 3.05) is 5.32 Å². The number of rotatable bonds is 2. The van der Waals surface area contributed by atoms with E-state index in [1.165, 1.54) is 36.8 Å². The van der Waals surface area contributed by atoms with Crippen molar-refractivity contribution in [1.29, 1.82) is 0 Å². The van der Waals surface area contributed by atoms with Crippen LogP contribution < -0.4 is 5.32 Å². The molecule has 1 aromatic carbocycles. The topological polar surface area (TPSA) is 72.0 Å². The van der Waals surface area contributed by atoms with Crippen molar-refractivity contribution in [3.63, 3.8) is 0 Å². The first kappa shape index (κ1) is 13.6. The summed E-state index contributed by atoms with van der Waals surface area (Å²) in [6.07, 6.45) is 2.51. The zero-order valence-electron chi connectivity index (χ0n) is 10.4. The standard InChI is InChI=1S/C14H7BrFN3O2/c15-10-12(19-8-3-1-7(16)2-4-8)13(20)9-5-17-6-18-11(9)14(10)21/h1-6,19H. The van der Waals surface area contributed by atoms with Crippen LogP contribution in [-0.4, -0.2) is 21.5 Å². The summed E-state index contributed by atoms with van der Waals surface area (Å²) in [5.74, 6) is -1.20. The molecule has 0 aliphatic heterocycles. The molecule has 0 fully saturated rings. The fourth-order valence-electron chi connectivity index (χ4n) is 1.92. The smallest absolute Gasteiger partial charge is 0.221 e. The van der Waals surface area contributed by atoms with Crippen LogP contribution in [0.3, 0.4) is 0 Å². The Kier molecular flexibility index (Phi) is 3.34. The van der Waals surface area contributed by atoms with E-state index in [2.05, 4.69) is 31.2 Å². The van der Waals surface area contributed by atoms with Crippen molar-refractivity contribution in [3.8, 4) is 0 Å². The quantitative estimate of drug-likeness (QED) is 0.904. The summed E-state index contributed by atoms with van der Waals surface area (Å²) in [5, 5.41) is 2.82. The summed E-state index contributed by atoms with van der Waals surface area (Å²) in [7, 11) is 0. The molecule has 21 heavy (non-hydrogen) atoms. The second kappa shape index (κ2) is 5.17. The summed E-state index contributed by atoms with van der Waals surface area (Å²) in [4.78, 5) is 32.1. The van der Waals surface area contributed by atoms with E-state index in [0.717, 1.165) is 0 Å². The fourth-order valence-corrected chi connectivity index (χ4v) is 2.38. The molecule has 0 atom stereocenters. The third-order valence-electron chi connectivity index (χ3n) is 2.93. The molecular formula is C14H7BrFN3O2. The highest BCUT2D eigenvalue weighted by Crippen LogP contribution is 2.28. The number of anilines is 1. The lowest BCUT2D eigenvalue weighted by molar-refractivity contribution is 0.0979. The van der Waals surface area contributed by atoms with Crippen molar-refractivity contribution in [3.05, 3.63) is 64.0 Å². The molecule has 0 bridgehead atoms. The number of fused-ring (bicyclic) bond motifs is 1. The molecule has 0 unspecified atom stereocenters. The van der Waals surface area contributed by atoms with Gasteiger partial charge in [-0.25, -0.2) is 14.4 Å². The van der Waals surface area contributed by atoms with Gasteiger partial charge in [-0.15, -0.1) is 0 Å². The van der Waals surface area contributed by atoms with E-state index in [9.17, 15) is 14.0 Å². The molecule has 5 nitrogen and oxygen atoms in total. The van der Waals surface area contributed by atoms with Gasteiger partial charge in [0, 0.05) is 11.9 Å². The van der Waals surface area contributed by atoms with Crippen LogP contribution in [0.5, 0.6) is 0 Å². The van der Waals surface area contributed by atoms with Crippen LogP contribution in [0.25, 0.3) is 0 Å². The maximum atomic E-state index is 12.9. The third-order valence-corrected chi connectivity index (χ3v) is 3.69. The van der Waals surface area contributed by atoms with Crippen LogP contribution >= 0.6 is 15.9 Å². The van der Waals surface area contributed by atoms with E-state index in [1.54, 1.807) is 0 Å². The van der Waals surface area contributed by atoms with Crippen LogP contribution in [0.1, 0.15) is 20.8 Å². The Labute approximate surface area is 127 Å². The molecular weight excluding hydrogens is 341 g/mol. The Morgan fingerprint density at radius 1 is 1.10 bits per heavy atom. The average molecular weight is 348 g/mol. The van der Waals surface area contributed by atoms with Crippen LogP contribution in [0.4, 0.5) is 10.1 Å². The van der Waals surface area contributed by atoms with E-state index < -0.39 is 17.4 Å². The lowest BCUT2D eigenvalue weighted by Crippen LogP contribution is -2.25. The number of allylic oxidation sites excluding steroid dienone is 2. The first-order valence-corrected chi connectivity index (χ1v) is 6.69. The predicted molar refractivity (Wildman–Crippen MR) is 76.7 cm³/mol. The van der Waals surface area contributed by atoms with Crippen molar-refractivity contribution in [1.82, 2.24) is 9.97 Å². The second-order valence-corrected chi connectivity index (χ2v) is 5.06. The van der Waals surface area contributed by atoms with Gasteiger partial charge in [-0.2, -0.15) is 0 Å². The van der Waals surface area contributed by atoms with Crippen molar-refractivity contribution < 1.29 is 14.0 Å². The zero-order chi connectivity index (χ0) is 15.0. The summed E-state index contributed by atoms with van der Waals surface area (Å²) < 4.78 is 13.0. The Morgan fingerprint density at radius 2 is 1.81 bits per heavy atom. The second-order valence-electron chi connectivity index (χ2n) is 4.26. The number of benzene rings is 1. The first-order valence-electron chi connectivity index (χ1n) is 5.89. The van der Waals surface area contributed by atoms with E-state index in [0.29, 0.717) is 5.69 Å². The minimum absolute atomic E-state index is 0.0616. The summed E-state index contributed by atoms with van der Waals surface area (Å²) >= 11 is 3.11. The third kappa shape index (κ3) is 2.36. The highest BCUT2D eigenvalue weighted by Gasteiger charge is 2.32. The normalized spacial score (nSPS) is 14.2. The highest BCUT2D eigenvalue weighted by molar-refractivity contribution is 9.12. The molecule has 1 aromatic heterocycles. The SMILES string of the molecule is O=C1C(Nc2ccc(F)cc2)=C(Br)C(=O)c2ncncc21. The average Bonchev–Trinajstić information content (AvgIpc) is 2.51. The molecule has 0 spiro atoms. The van der Waals surface area contributed by atoms with Crippen molar-refractivity contribution in [2.45, 2.75) is 0 Å². The maximum absolute atomic E-state index is 12.9. The van der Waals surface area contributed by atoms with Gasteiger partial charge in [0.05, 0.1) is 10.0 Å². The van der Waals surface area contributed by atoms with Gasteiger partial charge in [0.2, 0.25) is 11.6 Å². The Bertz CT molecular complexity index is 787. The number of nitrogens with zero attached hydrogens (tertiary/aromatic N) is 2. The number of carbonyl (C=O) groups is 2. The molecule has 1 aliphatic rings. The van der Waals surface area contributed by atoms with Gasteiger partial charge in [-0.1, -0.05) is 0 Å². The molecule has 0 saturated heterocycles. The van der Waals surface area contributed by atoms with Gasteiger partial charge in [0.1, 0.15) is 23.5 Å². The van der Waals surface area contributed by atoms with E-state index in [-0.39, 0.29) is 21.4 Å². The van der Waals surface area contributed by atoms with E-state index in [1.807, 2.05) is 0 Å². The molecule has 7 heteroatoms. The van der Waals surface area contributed by atoms with Gasteiger partial charge >= 0.3 is 0 Å². The molecule has 1 aliphatic carbocycles. The Balaban J connectivity index is 2.02. The summed E-state index contributed by atoms with van der Waals surface area (Å²) in [6.45, 7) is 0. The number of ketones is 2. The molecule has 0 saturated carbocycles. The minimum Gasteiger partial charge on any atom is -0.351 e. The van der Waals surface area contributed by atoms with Crippen molar-refractivity contribution >= 4 is 33.2 Å². The minimum atomic E-state index is -0.406. The van der Waals surface area contributed by atoms with Gasteiger partial charge in [-0.3, -0.25) is 9.59 Å². The molecule has 3 rings (SSSR count). The van der Waals surface area contributed by atoms with Crippen LogP contribution in [0, 0.1) is 5.82 Å². The van der Waals surface area contributed by atoms with Gasteiger partial charge in [0.25, 0.3) is 0 Å². The number of aromatic nitrogens is 2. The van der Waals surface area contributed by atoms with E-state index in [4.69, 9.17) is 0 Å². The fraction of sp³-hybridized carbons (Fsp3) is 0. The lowest BCUT2D eigenvalue weighted by atomic mass is 9.98. The highest BCUT2D eigenvalue weighted by atomic mass is 79.9. The number of hydrogen-bond acceptors (Lipinski definition) is 5. The molecule has 0 radical (unpaired) electrons. The van der Waals surface area contributed by atoms with Crippen LogP contribution in [0.15, 0.2) is 47.0 Å². The number of carbonyl (C=O) groups excluding carboxylic acids is 2. The number of nitrogens with one attached hydrogen (secondary N) is 1. The summed E-state index contributed by atoms with van der Waals surface area (Å²) in [5.41, 5.74) is 0.764. The molecule has 2 aromatic rings.